The molecule has 1 aromatic carbocycles. The van der Waals surface area contributed by atoms with Gasteiger partial charge < -0.3 is 5.32 Å². The van der Waals surface area contributed by atoms with Crippen LogP contribution in [0, 0.1) is 17.6 Å². The Balaban J connectivity index is 1.85. The molecule has 1 heterocycles. The smallest absolute Gasteiger partial charge is 0.254 e. The number of hydrogen-bond acceptors (Lipinski definition) is 2. The average molecular weight is 291 g/mol. The Morgan fingerprint density at radius 2 is 2.19 bits per heavy atom. The minimum absolute atomic E-state index is 0.155. The number of hydrogen-bond donors (Lipinski definition) is 1. The molecule has 1 aliphatic rings. The summed E-state index contributed by atoms with van der Waals surface area (Å²) in [6.45, 7) is 0. The normalized spacial score (nSPS) is 15.8. The fraction of sp³-hybridized carbons (Fsp3) is 0.333. The zero-order valence-corrected chi connectivity index (χ0v) is 11.5. The van der Waals surface area contributed by atoms with E-state index in [2.05, 4.69) is 10.4 Å². The van der Waals surface area contributed by atoms with Crippen LogP contribution in [0.1, 0.15) is 34.8 Å². The molecule has 6 heteroatoms. The summed E-state index contributed by atoms with van der Waals surface area (Å²) >= 11 is 0. The van der Waals surface area contributed by atoms with E-state index in [0.717, 1.165) is 31.0 Å². The van der Waals surface area contributed by atoms with Crippen molar-refractivity contribution >= 4 is 5.91 Å². The van der Waals surface area contributed by atoms with Crippen LogP contribution in [-0.2, 0) is 7.05 Å². The summed E-state index contributed by atoms with van der Waals surface area (Å²) in [5, 5.41) is 6.73. The number of aryl methyl sites for hydroxylation is 1. The first kappa shape index (κ1) is 13.7. The minimum Gasteiger partial charge on any atom is -0.345 e. The number of amides is 1. The van der Waals surface area contributed by atoms with Crippen molar-refractivity contribution in [2.45, 2.75) is 18.9 Å². The highest BCUT2D eigenvalue weighted by molar-refractivity contribution is 5.94. The lowest BCUT2D eigenvalue weighted by atomic mass is 10.0. The molecule has 1 aliphatic carbocycles. The summed E-state index contributed by atoms with van der Waals surface area (Å²) in [5.74, 6) is -1.18. The summed E-state index contributed by atoms with van der Waals surface area (Å²) in [7, 11) is 1.71. The summed E-state index contributed by atoms with van der Waals surface area (Å²) in [6.07, 6.45) is 4.82. The highest BCUT2D eigenvalue weighted by Gasteiger charge is 2.35. The largest absolute Gasteiger partial charge is 0.345 e. The van der Waals surface area contributed by atoms with Crippen molar-refractivity contribution in [1.82, 2.24) is 15.1 Å². The molecular weight excluding hydrogens is 276 g/mol. The number of rotatable bonds is 4. The van der Waals surface area contributed by atoms with Gasteiger partial charge in [0, 0.05) is 18.8 Å². The number of nitrogens with one attached hydrogen (secondary N) is 1. The molecular formula is C15H15F2N3O. The Hall–Kier alpha value is -2.24. The Kier molecular flexibility index (Phi) is 3.45. The van der Waals surface area contributed by atoms with Crippen molar-refractivity contribution in [3.63, 3.8) is 0 Å². The van der Waals surface area contributed by atoms with Crippen LogP contribution in [-0.4, -0.2) is 15.7 Å². The van der Waals surface area contributed by atoms with Crippen LogP contribution < -0.4 is 5.32 Å². The quantitative estimate of drug-likeness (QED) is 0.941. The molecule has 3 rings (SSSR count). The van der Waals surface area contributed by atoms with E-state index in [4.69, 9.17) is 0 Å². The first-order valence-corrected chi connectivity index (χ1v) is 6.79. The molecule has 110 valence electrons. The summed E-state index contributed by atoms with van der Waals surface area (Å²) < 4.78 is 28.8. The molecule has 1 unspecified atom stereocenters. The van der Waals surface area contributed by atoms with Gasteiger partial charge in [0.25, 0.3) is 5.91 Å². The van der Waals surface area contributed by atoms with Crippen molar-refractivity contribution in [3.8, 4) is 0 Å². The molecule has 0 radical (unpaired) electrons. The van der Waals surface area contributed by atoms with Crippen LogP contribution in [0.2, 0.25) is 0 Å². The Bertz CT molecular complexity index is 679. The van der Waals surface area contributed by atoms with E-state index in [1.54, 1.807) is 13.2 Å². The fourth-order valence-electron chi connectivity index (χ4n) is 2.40. The molecule has 0 bridgehead atoms. The van der Waals surface area contributed by atoms with Crippen LogP contribution in [0.5, 0.6) is 0 Å². The van der Waals surface area contributed by atoms with E-state index in [0.29, 0.717) is 5.56 Å². The molecule has 21 heavy (non-hydrogen) atoms. The molecule has 1 amide bonds. The highest BCUT2D eigenvalue weighted by Crippen LogP contribution is 2.42. The van der Waals surface area contributed by atoms with Gasteiger partial charge in [0.15, 0.2) is 0 Å². The molecule has 1 fully saturated rings. The molecule has 1 aromatic heterocycles. The Labute approximate surface area is 120 Å². The van der Waals surface area contributed by atoms with Gasteiger partial charge in [-0.05, 0) is 37.0 Å². The van der Waals surface area contributed by atoms with Gasteiger partial charge in [-0.1, -0.05) is 0 Å². The van der Waals surface area contributed by atoms with E-state index < -0.39 is 17.7 Å². The van der Waals surface area contributed by atoms with Crippen molar-refractivity contribution in [1.29, 1.82) is 0 Å². The highest BCUT2D eigenvalue weighted by atomic mass is 19.1. The predicted octanol–water partition coefficient (Wildman–Crippen LogP) is 2.58. The lowest BCUT2D eigenvalue weighted by Crippen LogP contribution is -2.30. The SMILES string of the molecule is Cn1cc(C(=O)NC(c2cc(F)ccc2F)C2CC2)cn1. The molecule has 1 atom stereocenters. The molecule has 0 aliphatic heterocycles. The lowest BCUT2D eigenvalue weighted by Gasteiger charge is -2.19. The van der Waals surface area contributed by atoms with Crippen LogP contribution in [0.3, 0.4) is 0 Å². The van der Waals surface area contributed by atoms with Crippen molar-refractivity contribution < 1.29 is 13.6 Å². The molecule has 4 nitrogen and oxygen atoms in total. The standard InChI is InChI=1S/C15H15F2N3O/c1-20-8-10(7-18-20)15(21)19-14(9-2-3-9)12-6-11(16)4-5-13(12)17/h4-9,14H,2-3H2,1H3,(H,19,21). The molecule has 2 aromatic rings. The average Bonchev–Trinajstić information content (AvgIpc) is 3.20. The molecule has 1 N–H and O–H groups in total. The third-order valence-electron chi connectivity index (χ3n) is 3.64. The Morgan fingerprint density at radius 3 is 2.81 bits per heavy atom. The second kappa shape index (κ2) is 5.27. The minimum atomic E-state index is -0.507. The maximum atomic E-state index is 13.9. The monoisotopic (exact) mass is 291 g/mol. The van der Waals surface area contributed by atoms with Gasteiger partial charge in [-0.3, -0.25) is 9.48 Å². The van der Waals surface area contributed by atoms with Crippen molar-refractivity contribution in [2.24, 2.45) is 13.0 Å². The molecule has 0 saturated heterocycles. The van der Waals surface area contributed by atoms with Gasteiger partial charge in [-0.2, -0.15) is 5.10 Å². The maximum absolute atomic E-state index is 13.9. The second-order valence-corrected chi connectivity index (χ2v) is 5.36. The van der Waals surface area contributed by atoms with E-state index >= 15 is 0 Å². The third-order valence-corrected chi connectivity index (χ3v) is 3.64. The van der Waals surface area contributed by atoms with Crippen LogP contribution in [0.4, 0.5) is 8.78 Å². The van der Waals surface area contributed by atoms with E-state index in [9.17, 15) is 13.6 Å². The number of halogens is 2. The van der Waals surface area contributed by atoms with Gasteiger partial charge in [-0.15, -0.1) is 0 Å². The second-order valence-electron chi connectivity index (χ2n) is 5.36. The first-order chi connectivity index (χ1) is 10.0. The molecule has 1 saturated carbocycles. The van der Waals surface area contributed by atoms with Gasteiger partial charge in [0.1, 0.15) is 11.6 Å². The van der Waals surface area contributed by atoms with Gasteiger partial charge in [-0.25, -0.2) is 8.78 Å². The number of aromatic nitrogens is 2. The van der Waals surface area contributed by atoms with Crippen molar-refractivity contribution in [2.75, 3.05) is 0 Å². The number of nitrogens with zero attached hydrogens (tertiary/aromatic N) is 2. The number of carbonyl (C=O) groups is 1. The van der Waals surface area contributed by atoms with Crippen molar-refractivity contribution in [3.05, 3.63) is 53.4 Å². The van der Waals surface area contributed by atoms with Gasteiger partial charge in [0.2, 0.25) is 0 Å². The molecule has 0 spiro atoms. The Morgan fingerprint density at radius 1 is 1.43 bits per heavy atom. The topological polar surface area (TPSA) is 46.9 Å². The van der Waals surface area contributed by atoms with E-state index in [1.807, 2.05) is 0 Å². The summed E-state index contributed by atoms with van der Waals surface area (Å²) in [6, 6.07) is 2.82. The van der Waals surface area contributed by atoms with E-state index in [-0.39, 0.29) is 17.4 Å². The predicted molar refractivity (Wildman–Crippen MR) is 72.5 cm³/mol. The van der Waals surface area contributed by atoms with Crippen LogP contribution >= 0.6 is 0 Å². The van der Waals surface area contributed by atoms with Crippen LogP contribution in [0.25, 0.3) is 0 Å². The van der Waals surface area contributed by atoms with Gasteiger partial charge >= 0.3 is 0 Å². The third kappa shape index (κ3) is 2.94. The fourth-order valence-corrected chi connectivity index (χ4v) is 2.40. The lowest BCUT2D eigenvalue weighted by molar-refractivity contribution is 0.0931. The number of benzene rings is 1. The van der Waals surface area contributed by atoms with Crippen LogP contribution in [0.15, 0.2) is 30.6 Å². The first-order valence-electron chi connectivity index (χ1n) is 6.79. The zero-order valence-electron chi connectivity index (χ0n) is 11.5. The summed E-state index contributed by atoms with van der Waals surface area (Å²) in [4.78, 5) is 12.2. The van der Waals surface area contributed by atoms with E-state index in [1.165, 1.54) is 10.9 Å². The zero-order chi connectivity index (χ0) is 15.0. The number of carbonyl (C=O) groups excluding carboxylic acids is 1. The summed E-state index contributed by atoms with van der Waals surface area (Å²) in [5.41, 5.74) is 0.606. The van der Waals surface area contributed by atoms with Gasteiger partial charge in [0.05, 0.1) is 17.8 Å². The maximum Gasteiger partial charge on any atom is 0.254 e.